The Morgan fingerprint density at radius 3 is 2.23 bits per heavy atom. The molecule has 9 heteroatoms. The van der Waals surface area contributed by atoms with Gasteiger partial charge in [0.25, 0.3) is 0 Å². The maximum absolute atomic E-state index is 13.3. The minimum atomic E-state index is -1.02. The van der Waals surface area contributed by atoms with Crippen molar-refractivity contribution in [2.45, 2.75) is 23.0 Å². The van der Waals surface area contributed by atoms with Crippen LogP contribution in [-0.2, 0) is 14.4 Å². The highest BCUT2D eigenvalue weighted by Gasteiger charge is 2.23. The van der Waals surface area contributed by atoms with Gasteiger partial charge >= 0.3 is 5.97 Å². The first-order valence-corrected chi connectivity index (χ1v) is 11.9. The van der Waals surface area contributed by atoms with E-state index in [4.69, 9.17) is 14.6 Å². The summed E-state index contributed by atoms with van der Waals surface area (Å²) < 4.78 is 11.2. The Kier molecular flexibility index (Phi) is 7.89. The van der Waals surface area contributed by atoms with E-state index in [2.05, 4.69) is 10.6 Å². The maximum atomic E-state index is 13.3. The van der Waals surface area contributed by atoms with Crippen LogP contribution in [0.1, 0.15) is 23.7 Å². The van der Waals surface area contributed by atoms with Gasteiger partial charge in [-0.1, -0.05) is 30.3 Å². The normalized spacial score (nSPS) is 12.9. The number of carboxylic acid groups (broad SMARTS) is 1. The van der Waals surface area contributed by atoms with Gasteiger partial charge in [-0.2, -0.15) is 0 Å². The van der Waals surface area contributed by atoms with Crippen LogP contribution in [0.3, 0.4) is 0 Å². The highest BCUT2D eigenvalue weighted by atomic mass is 32.2. The first kappa shape index (κ1) is 24.2. The van der Waals surface area contributed by atoms with Crippen LogP contribution in [0.4, 0.5) is 11.4 Å². The van der Waals surface area contributed by atoms with Crippen LogP contribution in [-0.4, -0.2) is 36.1 Å². The Morgan fingerprint density at radius 1 is 0.829 bits per heavy atom. The molecule has 0 fully saturated rings. The first-order chi connectivity index (χ1) is 17.0. The molecule has 35 heavy (non-hydrogen) atoms. The SMILES string of the molecule is O=C(O)CCC(=O)Nc1ccc(SC(C(=O)Nc2ccc3c(c2)OCCO3)c2ccccc2)cc1. The van der Waals surface area contributed by atoms with Crippen molar-refractivity contribution in [2.75, 3.05) is 23.8 Å². The number of carbonyl (C=O) groups excluding carboxylic acids is 2. The van der Waals surface area contributed by atoms with Gasteiger partial charge in [0.1, 0.15) is 18.5 Å². The Labute approximate surface area is 206 Å². The molecule has 1 atom stereocenters. The Morgan fingerprint density at radius 2 is 1.51 bits per heavy atom. The summed E-state index contributed by atoms with van der Waals surface area (Å²) in [6, 6.07) is 21.8. The molecule has 0 saturated carbocycles. The van der Waals surface area contributed by atoms with Crippen LogP contribution < -0.4 is 20.1 Å². The fraction of sp³-hybridized carbons (Fsp3) is 0.192. The van der Waals surface area contributed by atoms with Crippen LogP contribution in [0.5, 0.6) is 11.5 Å². The van der Waals surface area contributed by atoms with Crippen molar-refractivity contribution >= 4 is 40.9 Å². The van der Waals surface area contributed by atoms with E-state index in [9.17, 15) is 14.4 Å². The van der Waals surface area contributed by atoms with Crippen LogP contribution >= 0.6 is 11.8 Å². The van der Waals surface area contributed by atoms with E-state index in [1.807, 2.05) is 42.5 Å². The van der Waals surface area contributed by atoms with Crippen molar-refractivity contribution in [1.82, 2.24) is 0 Å². The predicted octanol–water partition coefficient (Wildman–Crippen LogP) is 4.73. The molecule has 3 aromatic rings. The standard InChI is InChI=1S/C26H24N2O6S/c29-23(12-13-24(30)31)27-18-6-9-20(10-7-18)35-25(17-4-2-1-3-5-17)26(32)28-19-8-11-21-22(16-19)34-15-14-33-21/h1-11,16,25H,12-15H2,(H,27,29)(H,28,32)(H,30,31). The van der Waals surface area contributed by atoms with Gasteiger partial charge in [0.05, 0.1) is 6.42 Å². The van der Waals surface area contributed by atoms with Gasteiger partial charge in [-0.05, 0) is 42.0 Å². The molecule has 1 unspecified atom stereocenters. The quantitative estimate of drug-likeness (QED) is 0.370. The van der Waals surface area contributed by atoms with E-state index in [1.54, 1.807) is 30.3 Å². The highest BCUT2D eigenvalue weighted by molar-refractivity contribution is 8.00. The average molecular weight is 493 g/mol. The number of carboxylic acids is 1. The van der Waals surface area contributed by atoms with Crippen LogP contribution in [0.2, 0.25) is 0 Å². The third-order valence-electron chi connectivity index (χ3n) is 5.11. The summed E-state index contributed by atoms with van der Waals surface area (Å²) in [5, 5.41) is 13.8. The van der Waals surface area contributed by atoms with Crippen molar-refractivity contribution in [3.63, 3.8) is 0 Å². The lowest BCUT2D eigenvalue weighted by atomic mass is 10.1. The van der Waals surface area contributed by atoms with Crippen LogP contribution in [0.15, 0.2) is 77.7 Å². The number of anilines is 2. The number of carbonyl (C=O) groups is 3. The zero-order valence-corrected chi connectivity index (χ0v) is 19.5. The predicted molar refractivity (Wildman–Crippen MR) is 133 cm³/mol. The van der Waals surface area contributed by atoms with Crippen molar-refractivity contribution in [2.24, 2.45) is 0 Å². The summed E-state index contributed by atoms with van der Waals surface area (Å²) in [7, 11) is 0. The highest BCUT2D eigenvalue weighted by Crippen LogP contribution is 2.38. The molecule has 180 valence electrons. The second-order valence-corrected chi connectivity index (χ2v) is 8.90. The summed E-state index contributed by atoms with van der Waals surface area (Å²) >= 11 is 1.38. The molecule has 1 heterocycles. The summed E-state index contributed by atoms with van der Waals surface area (Å²) in [5.74, 6) is -0.330. The maximum Gasteiger partial charge on any atom is 0.303 e. The monoisotopic (exact) mass is 492 g/mol. The minimum absolute atomic E-state index is 0.0953. The third-order valence-corrected chi connectivity index (χ3v) is 6.37. The number of benzene rings is 3. The summed E-state index contributed by atoms with van der Waals surface area (Å²) in [4.78, 5) is 36.6. The van der Waals surface area contributed by atoms with E-state index in [0.717, 1.165) is 10.5 Å². The second kappa shape index (κ2) is 11.4. The van der Waals surface area contributed by atoms with E-state index >= 15 is 0 Å². The summed E-state index contributed by atoms with van der Waals surface area (Å²) in [6.45, 7) is 0.957. The minimum Gasteiger partial charge on any atom is -0.486 e. The van der Waals surface area contributed by atoms with Gasteiger partial charge in [0, 0.05) is 28.8 Å². The molecule has 0 bridgehead atoms. The molecule has 4 rings (SSSR count). The molecular formula is C26H24N2O6S. The zero-order chi connectivity index (χ0) is 24.6. The van der Waals surface area contributed by atoms with Crippen molar-refractivity contribution in [1.29, 1.82) is 0 Å². The number of fused-ring (bicyclic) bond motifs is 1. The van der Waals surface area contributed by atoms with Gasteiger partial charge in [-0.3, -0.25) is 14.4 Å². The number of hydrogen-bond donors (Lipinski definition) is 3. The summed E-state index contributed by atoms with van der Waals surface area (Å²) in [6.07, 6.45) is -0.320. The Balaban J connectivity index is 1.46. The number of ether oxygens (including phenoxy) is 2. The van der Waals surface area contributed by atoms with Gasteiger partial charge in [-0.25, -0.2) is 0 Å². The molecule has 3 N–H and O–H groups in total. The number of amides is 2. The Hall–Kier alpha value is -3.98. The molecule has 1 aliphatic rings. The van der Waals surface area contributed by atoms with E-state index < -0.39 is 11.2 Å². The largest absolute Gasteiger partial charge is 0.486 e. The number of aliphatic carboxylic acids is 1. The lowest BCUT2D eigenvalue weighted by Crippen LogP contribution is -2.20. The van der Waals surface area contributed by atoms with E-state index in [-0.39, 0.29) is 24.7 Å². The fourth-order valence-corrected chi connectivity index (χ4v) is 4.45. The fourth-order valence-electron chi connectivity index (χ4n) is 3.43. The van der Waals surface area contributed by atoms with E-state index in [1.165, 1.54) is 11.8 Å². The number of rotatable bonds is 9. The molecule has 1 aliphatic heterocycles. The average Bonchev–Trinajstić information content (AvgIpc) is 2.87. The first-order valence-electron chi connectivity index (χ1n) is 11.0. The summed E-state index contributed by atoms with van der Waals surface area (Å²) in [5.41, 5.74) is 2.01. The Bertz CT molecular complexity index is 1200. The van der Waals surface area contributed by atoms with Gasteiger partial charge in [-0.15, -0.1) is 11.8 Å². The van der Waals surface area contributed by atoms with Crippen LogP contribution in [0.25, 0.3) is 0 Å². The molecule has 0 spiro atoms. The lowest BCUT2D eigenvalue weighted by Gasteiger charge is -2.20. The molecule has 3 aromatic carbocycles. The topological polar surface area (TPSA) is 114 Å². The zero-order valence-electron chi connectivity index (χ0n) is 18.7. The van der Waals surface area contributed by atoms with Gasteiger partial charge in [0.2, 0.25) is 11.8 Å². The number of thioether (sulfide) groups is 1. The second-order valence-electron chi connectivity index (χ2n) is 7.72. The van der Waals surface area contributed by atoms with Crippen molar-refractivity contribution in [3.8, 4) is 11.5 Å². The lowest BCUT2D eigenvalue weighted by molar-refractivity contribution is -0.138. The van der Waals surface area contributed by atoms with Gasteiger partial charge < -0.3 is 25.2 Å². The molecule has 0 saturated heterocycles. The van der Waals surface area contributed by atoms with Crippen molar-refractivity contribution < 1.29 is 29.0 Å². The number of hydrogen-bond acceptors (Lipinski definition) is 6. The number of nitrogens with one attached hydrogen (secondary N) is 2. The molecule has 0 radical (unpaired) electrons. The third kappa shape index (κ3) is 6.77. The van der Waals surface area contributed by atoms with E-state index in [0.29, 0.717) is 36.1 Å². The van der Waals surface area contributed by atoms with Crippen LogP contribution in [0, 0.1) is 0 Å². The molecule has 8 nitrogen and oxygen atoms in total. The van der Waals surface area contributed by atoms with Crippen molar-refractivity contribution in [3.05, 3.63) is 78.4 Å². The van der Waals surface area contributed by atoms with Gasteiger partial charge in [0.15, 0.2) is 11.5 Å². The smallest absolute Gasteiger partial charge is 0.303 e. The molecule has 0 aromatic heterocycles. The molecule has 2 amide bonds. The molecular weight excluding hydrogens is 468 g/mol. The molecule has 0 aliphatic carbocycles.